The summed E-state index contributed by atoms with van der Waals surface area (Å²) in [5.74, 6) is -0.332. The summed E-state index contributed by atoms with van der Waals surface area (Å²) in [4.78, 5) is 24.9. The molecule has 1 rings (SSSR count). The molecule has 1 atom stereocenters. The van der Waals surface area contributed by atoms with Crippen molar-refractivity contribution in [3.8, 4) is 0 Å². The molecular formula is C13H24N2O4. The molecule has 1 aliphatic rings. The van der Waals surface area contributed by atoms with Crippen molar-refractivity contribution < 1.29 is 19.1 Å². The molecule has 0 unspecified atom stereocenters. The first-order chi connectivity index (χ1) is 8.74. The zero-order chi connectivity index (χ0) is 14.6. The summed E-state index contributed by atoms with van der Waals surface area (Å²) in [6.07, 6.45) is 1.07. The predicted molar refractivity (Wildman–Crippen MR) is 70.5 cm³/mol. The lowest BCUT2D eigenvalue weighted by Gasteiger charge is -2.34. The molecule has 19 heavy (non-hydrogen) atoms. The molecule has 0 bridgehead atoms. The SMILES string of the molecule is COC(=O)[C@@H](N)C1CCN(C(=O)OC(C)(C)C)CC1. The second kappa shape index (κ2) is 6.23. The van der Waals surface area contributed by atoms with Crippen LogP contribution in [0.15, 0.2) is 0 Å². The number of likely N-dealkylation sites (tertiary alicyclic amines) is 1. The highest BCUT2D eigenvalue weighted by Crippen LogP contribution is 2.22. The van der Waals surface area contributed by atoms with E-state index in [0.29, 0.717) is 25.9 Å². The fourth-order valence-electron chi connectivity index (χ4n) is 2.10. The minimum atomic E-state index is -0.606. The molecule has 1 heterocycles. The maximum Gasteiger partial charge on any atom is 0.410 e. The molecule has 0 aromatic heterocycles. The number of nitrogens with two attached hydrogens (primary N) is 1. The number of piperidine rings is 1. The van der Waals surface area contributed by atoms with Gasteiger partial charge >= 0.3 is 12.1 Å². The average Bonchev–Trinajstić information content (AvgIpc) is 2.35. The Morgan fingerprint density at radius 1 is 1.26 bits per heavy atom. The number of rotatable bonds is 2. The number of ether oxygens (including phenoxy) is 2. The Hall–Kier alpha value is -1.30. The van der Waals surface area contributed by atoms with E-state index in [-0.39, 0.29) is 12.0 Å². The Labute approximate surface area is 114 Å². The van der Waals surface area contributed by atoms with E-state index in [9.17, 15) is 9.59 Å². The van der Waals surface area contributed by atoms with E-state index >= 15 is 0 Å². The van der Waals surface area contributed by atoms with Gasteiger partial charge in [-0.2, -0.15) is 0 Å². The van der Waals surface area contributed by atoms with Gasteiger partial charge in [-0.1, -0.05) is 0 Å². The van der Waals surface area contributed by atoms with Crippen LogP contribution in [0.25, 0.3) is 0 Å². The molecule has 1 saturated heterocycles. The first-order valence-electron chi connectivity index (χ1n) is 6.56. The van der Waals surface area contributed by atoms with Crippen molar-refractivity contribution in [2.75, 3.05) is 20.2 Å². The van der Waals surface area contributed by atoms with E-state index in [2.05, 4.69) is 4.74 Å². The monoisotopic (exact) mass is 272 g/mol. The zero-order valence-corrected chi connectivity index (χ0v) is 12.1. The third kappa shape index (κ3) is 4.70. The Bertz CT molecular complexity index is 330. The van der Waals surface area contributed by atoms with Crippen LogP contribution in [0.4, 0.5) is 4.79 Å². The van der Waals surface area contributed by atoms with Crippen LogP contribution in [0, 0.1) is 5.92 Å². The highest BCUT2D eigenvalue weighted by molar-refractivity contribution is 5.75. The van der Waals surface area contributed by atoms with Crippen molar-refractivity contribution in [2.24, 2.45) is 11.7 Å². The molecule has 1 aliphatic heterocycles. The van der Waals surface area contributed by atoms with Gasteiger partial charge in [-0.05, 0) is 39.5 Å². The Morgan fingerprint density at radius 2 is 1.79 bits per heavy atom. The van der Waals surface area contributed by atoms with Gasteiger partial charge in [0, 0.05) is 13.1 Å². The largest absolute Gasteiger partial charge is 0.468 e. The number of nitrogens with zero attached hydrogens (tertiary/aromatic N) is 1. The fourth-order valence-corrected chi connectivity index (χ4v) is 2.10. The molecule has 110 valence electrons. The van der Waals surface area contributed by atoms with Gasteiger partial charge in [0.25, 0.3) is 0 Å². The van der Waals surface area contributed by atoms with Crippen molar-refractivity contribution in [2.45, 2.75) is 45.3 Å². The van der Waals surface area contributed by atoms with Crippen molar-refractivity contribution >= 4 is 12.1 Å². The van der Waals surface area contributed by atoms with E-state index in [0.717, 1.165) is 0 Å². The van der Waals surface area contributed by atoms with E-state index in [1.165, 1.54) is 7.11 Å². The van der Waals surface area contributed by atoms with E-state index in [1.54, 1.807) is 4.90 Å². The minimum Gasteiger partial charge on any atom is -0.468 e. The molecule has 0 saturated carbocycles. The number of hydrogen-bond acceptors (Lipinski definition) is 5. The highest BCUT2D eigenvalue weighted by atomic mass is 16.6. The summed E-state index contributed by atoms with van der Waals surface area (Å²) in [6, 6.07) is -0.606. The summed E-state index contributed by atoms with van der Waals surface area (Å²) in [5.41, 5.74) is 5.33. The molecular weight excluding hydrogens is 248 g/mol. The molecule has 0 radical (unpaired) electrons. The lowest BCUT2D eigenvalue weighted by molar-refractivity contribution is -0.143. The number of esters is 1. The molecule has 1 amide bonds. The zero-order valence-electron chi connectivity index (χ0n) is 12.1. The molecule has 0 aromatic rings. The first-order valence-corrected chi connectivity index (χ1v) is 6.56. The van der Waals surface area contributed by atoms with E-state index in [1.807, 2.05) is 20.8 Å². The lowest BCUT2D eigenvalue weighted by atomic mass is 9.90. The molecule has 0 aliphatic carbocycles. The Balaban J connectivity index is 2.45. The molecule has 1 fully saturated rings. The minimum absolute atomic E-state index is 0.0612. The normalized spacial score (nSPS) is 18.9. The quantitative estimate of drug-likeness (QED) is 0.762. The van der Waals surface area contributed by atoms with Crippen LogP contribution in [0.2, 0.25) is 0 Å². The maximum absolute atomic E-state index is 11.9. The molecule has 6 heteroatoms. The smallest absolute Gasteiger partial charge is 0.410 e. The van der Waals surface area contributed by atoms with Gasteiger partial charge in [0.1, 0.15) is 11.6 Å². The molecule has 0 aromatic carbocycles. The van der Waals surface area contributed by atoms with Crippen LogP contribution in [0.3, 0.4) is 0 Å². The van der Waals surface area contributed by atoms with Gasteiger partial charge in [-0.15, -0.1) is 0 Å². The van der Waals surface area contributed by atoms with Crippen LogP contribution >= 0.6 is 0 Å². The van der Waals surface area contributed by atoms with Gasteiger partial charge in [0.05, 0.1) is 7.11 Å². The standard InChI is InChI=1S/C13H24N2O4/c1-13(2,3)19-12(17)15-7-5-9(6-8-15)10(14)11(16)18-4/h9-10H,5-8,14H2,1-4H3/t10-/m0/s1. The fraction of sp³-hybridized carbons (Fsp3) is 0.846. The lowest BCUT2D eigenvalue weighted by Crippen LogP contribution is -2.47. The topological polar surface area (TPSA) is 81.9 Å². The van der Waals surface area contributed by atoms with Gasteiger partial charge in [-0.3, -0.25) is 4.79 Å². The number of hydrogen-bond donors (Lipinski definition) is 1. The maximum atomic E-state index is 11.9. The van der Waals surface area contributed by atoms with Crippen LogP contribution < -0.4 is 5.73 Å². The highest BCUT2D eigenvalue weighted by Gasteiger charge is 2.32. The second-order valence-corrected chi connectivity index (χ2v) is 5.85. The summed E-state index contributed by atoms with van der Waals surface area (Å²) in [7, 11) is 1.33. The third-order valence-electron chi connectivity index (χ3n) is 3.17. The van der Waals surface area contributed by atoms with Gasteiger partial charge in [-0.25, -0.2) is 4.79 Å². The molecule has 0 spiro atoms. The summed E-state index contributed by atoms with van der Waals surface area (Å²) in [5, 5.41) is 0. The summed E-state index contributed by atoms with van der Waals surface area (Å²) in [6.45, 7) is 6.63. The summed E-state index contributed by atoms with van der Waals surface area (Å²) >= 11 is 0. The molecule has 2 N–H and O–H groups in total. The van der Waals surface area contributed by atoms with Crippen LogP contribution in [0.5, 0.6) is 0 Å². The number of methoxy groups -OCH3 is 1. The predicted octanol–water partition coefficient (Wildman–Crippen LogP) is 1.13. The van der Waals surface area contributed by atoms with Crippen LogP contribution in [0.1, 0.15) is 33.6 Å². The van der Waals surface area contributed by atoms with E-state index < -0.39 is 17.6 Å². The van der Waals surface area contributed by atoms with Gasteiger partial charge in [0.15, 0.2) is 0 Å². The number of carbonyl (C=O) groups excluding carboxylic acids is 2. The van der Waals surface area contributed by atoms with Gasteiger partial charge in [0.2, 0.25) is 0 Å². The first kappa shape index (κ1) is 15.8. The van der Waals surface area contributed by atoms with Crippen LogP contribution in [-0.4, -0.2) is 48.8 Å². The number of carbonyl (C=O) groups is 2. The third-order valence-corrected chi connectivity index (χ3v) is 3.17. The van der Waals surface area contributed by atoms with Crippen molar-refractivity contribution in [1.82, 2.24) is 4.90 Å². The summed E-state index contributed by atoms with van der Waals surface area (Å²) < 4.78 is 9.94. The van der Waals surface area contributed by atoms with Gasteiger partial charge < -0.3 is 20.1 Å². The van der Waals surface area contributed by atoms with Crippen molar-refractivity contribution in [1.29, 1.82) is 0 Å². The second-order valence-electron chi connectivity index (χ2n) is 5.85. The van der Waals surface area contributed by atoms with E-state index in [4.69, 9.17) is 10.5 Å². The number of amides is 1. The van der Waals surface area contributed by atoms with Crippen molar-refractivity contribution in [3.05, 3.63) is 0 Å². The van der Waals surface area contributed by atoms with Crippen molar-refractivity contribution in [3.63, 3.8) is 0 Å². The average molecular weight is 272 g/mol. The Kier molecular flexibility index (Phi) is 5.17. The Morgan fingerprint density at radius 3 is 2.21 bits per heavy atom. The van der Waals surface area contributed by atoms with Crippen LogP contribution in [-0.2, 0) is 14.3 Å². The molecule has 6 nitrogen and oxygen atoms in total.